The summed E-state index contributed by atoms with van der Waals surface area (Å²) in [6.45, 7) is 1.41. The van der Waals surface area contributed by atoms with Gasteiger partial charge in [0.15, 0.2) is 0 Å². The molecule has 0 unspecified atom stereocenters. The average Bonchev–Trinajstić information content (AvgIpc) is 3.07. The SMILES string of the molecule is Fc1cccc2c1ccn2Cc1cc(Br)cc2c1OCC2. The molecule has 2 heterocycles. The summed E-state index contributed by atoms with van der Waals surface area (Å²) in [4.78, 5) is 0. The minimum absolute atomic E-state index is 0.179. The monoisotopic (exact) mass is 345 g/mol. The van der Waals surface area contributed by atoms with Gasteiger partial charge in [0.2, 0.25) is 0 Å². The van der Waals surface area contributed by atoms with Gasteiger partial charge in [-0.15, -0.1) is 0 Å². The summed E-state index contributed by atoms with van der Waals surface area (Å²) in [5.74, 6) is 0.804. The molecule has 0 amide bonds. The van der Waals surface area contributed by atoms with Crippen molar-refractivity contribution < 1.29 is 9.13 Å². The topological polar surface area (TPSA) is 14.2 Å². The quantitative estimate of drug-likeness (QED) is 0.665. The molecule has 0 fully saturated rings. The zero-order valence-electron chi connectivity index (χ0n) is 11.3. The summed E-state index contributed by atoms with van der Waals surface area (Å²) in [7, 11) is 0. The highest BCUT2D eigenvalue weighted by Crippen LogP contribution is 2.34. The molecule has 0 bridgehead atoms. The minimum atomic E-state index is -0.179. The van der Waals surface area contributed by atoms with E-state index < -0.39 is 0 Å². The molecule has 106 valence electrons. The largest absolute Gasteiger partial charge is 0.493 e. The molecule has 3 aromatic rings. The van der Waals surface area contributed by atoms with Crippen LogP contribution in [0.1, 0.15) is 11.1 Å². The minimum Gasteiger partial charge on any atom is -0.493 e. The van der Waals surface area contributed by atoms with E-state index in [4.69, 9.17) is 4.74 Å². The fraction of sp³-hybridized carbons (Fsp3) is 0.176. The van der Waals surface area contributed by atoms with Crippen LogP contribution < -0.4 is 4.74 Å². The van der Waals surface area contributed by atoms with Crippen LogP contribution >= 0.6 is 15.9 Å². The van der Waals surface area contributed by atoms with Crippen molar-refractivity contribution in [1.82, 2.24) is 4.57 Å². The van der Waals surface area contributed by atoms with Gasteiger partial charge in [-0.05, 0) is 35.9 Å². The molecule has 4 rings (SSSR count). The van der Waals surface area contributed by atoms with E-state index in [9.17, 15) is 4.39 Å². The summed E-state index contributed by atoms with van der Waals surface area (Å²) < 4.78 is 22.7. The molecule has 4 heteroatoms. The van der Waals surface area contributed by atoms with Gasteiger partial charge in [-0.3, -0.25) is 0 Å². The van der Waals surface area contributed by atoms with Gasteiger partial charge in [0.1, 0.15) is 11.6 Å². The lowest BCUT2D eigenvalue weighted by molar-refractivity contribution is 0.353. The summed E-state index contributed by atoms with van der Waals surface area (Å²) >= 11 is 3.56. The molecule has 0 aliphatic carbocycles. The lowest BCUT2D eigenvalue weighted by Crippen LogP contribution is -2.00. The normalized spacial score (nSPS) is 13.4. The van der Waals surface area contributed by atoms with Crippen LogP contribution in [0.3, 0.4) is 0 Å². The van der Waals surface area contributed by atoms with Crippen molar-refractivity contribution in [3.05, 3.63) is 64.0 Å². The maximum atomic E-state index is 13.8. The number of hydrogen-bond acceptors (Lipinski definition) is 1. The number of benzene rings is 2. The molecule has 2 aromatic carbocycles. The number of ether oxygens (including phenoxy) is 1. The molecular weight excluding hydrogens is 333 g/mol. The number of rotatable bonds is 2. The van der Waals surface area contributed by atoms with Crippen molar-refractivity contribution in [3.63, 3.8) is 0 Å². The van der Waals surface area contributed by atoms with Gasteiger partial charge in [0.05, 0.1) is 18.7 Å². The third-order valence-corrected chi connectivity index (χ3v) is 4.38. The van der Waals surface area contributed by atoms with Crippen molar-refractivity contribution in [2.24, 2.45) is 0 Å². The highest BCUT2D eigenvalue weighted by atomic mass is 79.9. The van der Waals surface area contributed by atoms with Crippen LogP contribution in [0.15, 0.2) is 47.1 Å². The number of aromatic nitrogens is 1. The lowest BCUT2D eigenvalue weighted by Gasteiger charge is -2.11. The first-order valence-corrected chi connectivity index (χ1v) is 7.69. The fourth-order valence-corrected chi connectivity index (χ4v) is 3.52. The van der Waals surface area contributed by atoms with E-state index in [-0.39, 0.29) is 5.82 Å². The van der Waals surface area contributed by atoms with Crippen molar-refractivity contribution >= 4 is 26.8 Å². The van der Waals surface area contributed by atoms with E-state index in [1.54, 1.807) is 6.07 Å². The molecule has 1 aliphatic heterocycles. The molecule has 0 spiro atoms. The fourth-order valence-electron chi connectivity index (χ4n) is 2.97. The Morgan fingerprint density at radius 2 is 2.14 bits per heavy atom. The first-order chi connectivity index (χ1) is 10.2. The zero-order valence-corrected chi connectivity index (χ0v) is 12.9. The van der Waals surface area contributed by atoms with Crippen molar-refractivity contribution in [2.75, 3.05) is 6.61 Å². The molecular formula is C17H13BrFNO. The summed E-state index contributed by atoms with van der Waals surface area (Å²) in [5, 5.41) is 0.657. The van der Waals surface area contributed by atoms with Crippen LogP contribution in [0, 0.1) is 5.82 Å². The van der Waals surface area contributed by atoms with Gasteiger partial charge >= 0.3 is 0 Å². The second kappa shape index (κ2) is 4.88. The maximum absolute atomic E-state index is 13.8. The Bertz CT molecular complexity index is 840. The van der Waals surface area contributed by atoms with E-state index in [0.29, 0.717) is 11.9 Å². The Morgan fingerprint density at radius 3 is 3.05 bits per heavy atom. The molecule has 0 saturated heterocycles. The van der Waals surface area contributed by atoms with Crippen LogP contribution in [0.25, 0.3) is 10.9 Å². The van der Waals surface area contributed by atoms with E-state index in [2.05, 4.69) is 32.6 Å². The van der Waals surface area contributed by atoms with Crippen LogP contribution in [0.5, 0.6) is 5.75 Å². The summed E-state index contributed by atoms with van der Waals surface area (Å²) in [6, 6.07) is 11.2. The molecule has 0 radical (unpaired) electrons. The number of nitrogens with zero attached hydrogens (tertiary/aromatic N) is 1. The molecule has 0 N–H and O–H groups in total. The molecule has 21 heavy (non-hydrogen) atoms. The smallest absolute Gasteiger partial charge is 0.132 e. The Kier molecular flexibility index (Phi) is 3.00. The number of halogens is 2. The van der Waals surface area contributed by atoms with Crippen LogP contribution in [-0.2, 0) is 13.0 Å². The van der Waals surface area contributed by atoms with E-state index in [1.807, 2.05) is 18.3 Å². The zero-order chi connectivity index (χ0) is 14.4. The molecule has 0 saturated carbocycles. The Hall–Kier alpha value is -1.81. The molecule has 2 nitrogen and oxygen atoms in total. The average molecular weight is 346 g/mol. The predicted molar refractivity (Wildman–Crippen MR) is 84.3 cm³/mol. The van der Waals surface area contributed by atoms with E-state index >= 15 is 0 Å². The summed E-state index contributed by atoms with van der Waals surface area (Å²) in [5.41, 5.74) is 3.27. The van der Waals surface area contributed by atoms with E-state index in [1.165, 1.54) is 11.6 Å². The van der Waals surface area contributed by atoms with Crippen molar-refractivity contribution in [1.29, 1.82) is 0 Å². The Morgan fingerprint density at radius 1 is 1.24 bits per heavy atom. The van der Waals surface area contributed by atoms with Crippen LogP contribution in [0.2, 0.25) is 0 Å². The molecule has 1 aromatic heterocycles. The van der Waals surface area contributed by atoms with Gasteiger partial charge in [0.25, 0.3) is 0 Å². The third-order valence-electron chi connectivity index (χ3n) is 3.93. The first-order valence-electron chi connectivity index (χ1n) is 6.90. The van der Waals surface area contributed by atoms with Gasteiger partial charge in [-0.1, -0.05) is 22.0 Å². The summed E-state index contributed by atoms with van der Waals surface area (Å²) in [6.07, 6.45) is 2.87. The van der Waals surface area contributed by atoms with Gasteiger partial charge in [0, 0.05) is 28.0 Å². The highest BCUT2D eigenvalue weighted by molar-refractivity contribution is 9.10. The predicted octanol–water partition coefficient (Wildman–Crippen LogP) is 4.53. The Balaban J connectivity index is 1.81. The highest BCUT2D eigenvalue weighted by Gasteiger charge is 2.18. The Labute approximate surface area is 130 Å². The van der Waals surface area contributed by atoms with Crippen molar-refractivity contribution in [3.8, 4) is 5.75 Å². The molecule has 0 atom stereocenters. The first kappa shape index (κ1) is 12.9. The number of fused-ring (bicyclic) bond motifs is 2. The van der Waals surface area contributed by atoms with Gasteiger partial charge in [-0.25, -0.2) is 4.39 Å². The van der Waals surface area contributed by atoms with Gasteiger partial charge in [-0.2, -0.15) is 0 Å². The number of hydrogen-bond donors (Lipinski definition) is 0. The second-order valence-electron chi connectivity index (χ2n) is 5.27. The molecule has 1 aliphatic rings. The standard InChI is InChI=1S/C17H13BrFNO/c18-13-8-11-5-7-21-17(11)12(9-13)10-20-6-4-14-15(19)2-1-3-16(14)20/h1-4,6,8-9H,5,7,10H2. The van der Waals surface area contributed by atoms with Crippen LogP contribution in [-0.4, -0.2) is 11.2 Å². The van der Waals surface area contributed by atoms with Crippen LogP contribution in [0.4, 0.5) is 4.39 Å². The lowest BCUT2D eigenvalue weighted by atomic mass is 10.1. The van der Waals surface area contributed by atoms with Gasteiger partial charge < -0.3 is 9.30 Å². The maximum Gasteiger partial charge on any atom is 0.132 e. The second-order valence-corrected chi connectivity index (χ2v) is 6.18. The third kappa shape index (κ3) is 2.14. The van der Waals surface area contributed by atoms with Crippen molar-refractivity contribution in [2.45, 2.75) is 13.0 Å². The van der Waals surface area contributed by atoms with E-state index in [0.717, 1.165) is 34.3 Å².